The van der Waals surface area contributed by atoms with Crippen molar-refractivity contribution >= 4 is 29.1 Å². The quantitative estimate of drug-likeness (QED) is 0.505. The van der Waals surface area contributed by atoms with Crippen LogP contribution in [0.5, 0.6) is 11.5 Å². The number of carbonyl (C=O) groups is 3. The highest BCUT2D eigenvalue weighted by atomic mass is 16.5. The molecule has 3 aromatic carbocycles. The summed E-state index contributed by atoms with van der Waals surface area (Å²) in [4.78, 5) is 36.8. The van der Waals surface area contributed by atoms with Crippen molar-refractivity contribution in [2.75, 3.05) is 31.4 Å². The van der Waals surface area contributed by atoms with Crippen LogP contribution in [0.4, 0.5) is 11.4 Å². The van der Waals surface area contributed by atoms with Crippen molar-refractivity contribution in [1.82, 2.24) is 5.32 Å². The van der Waals surface area contributed by atoms with E-state index < -0.39 is 5.91 Å². The molecule has 8 nitrogen and oxygen atoms in total. The van der Waals surface area contributed by atoms with Crippen molar-refractivity contribution in [2.45, 2.75) is 0 Å². The van der Waals surface area contributed by atoms with Gasteiger partial charge < -0.3 is 25.4 Å². The second-order valence-electron chi connectivity index (χ2n) is 6.67. The molecule has 3 rings (SSSR count). The van der Waals surface area contributed by atoms with E-state index >= 15 is 0 Å². The largest absolute Gasteiger partial charge is 0.497 e. The smallest absolute Gasteiger partial charge is 0.257 e. The predicted molar refractivity (Wildman–Crippen MR) is 121 cm³/mol. The summed E-state index contributed by atoms with van der Waals surface area (Å²) in [5.41, 5.74) is 1.59. The van der Waals surface area contributed by atoms with E-state index in [1.807, 2.05) is 0 Å². The average Bonchev–Trinajstić information content (AvgIpc) is 2.83. The summed E-state index contributed by atoms with van der Waals surface area (Å²) in [7, 11) is 3.07. The molecule has 0 spiro atoms. The monoisotopic (exact) mass is 433 g/mol. The summed E-state index contributed by atoms with van der Waals surface area (Å²) in [6, 6.07) is 20.1. The van der Waals surface area contributed by atoms with Gasteiger partial charge in [0.15, 0.2) is 6.61 Å². The molecule has 8 heteroatoms. The Balaban J connectivity index is 1.71. The Morgan fingerprint density at radius 2 is 1.56 bits per heavy atom. The Kier molecular flexibility index (Phi) is 7.42. The van der Waals surface area contributed by atoms with Crippen molar-refractivity contribution in [2.24, 2.45) is 0 Å². The summed E-state index contributed by atoms with van der Waals surface area (Å²) in [6.07, 6.45) is 0. The van der Waals surface area contributed by atoms with Crippen molar-refractivity contribution in [3.05, 3.63) is 83.9 Å². The van der Waals surface area contributed by atoms with Gasteiger partial charge in [-0.15, -0.1) is 0 Å². The van der Waals surface area contributed by atoms with Crippen molar-refractivity contribution in [3.8, 4) is 11.5 Å². The first kappa shape index (κ1) is 22.4. The van der Waals surface area contributed by atoms with Crippen molar-refractivity contribution < 1.29 is 23.9 Å². The van der Waals surface area contributed by atoms with E-state index in [0.29, 0.717) is 34.0 Å². The molecule has 0 saturated heterocycles. The Morgan fingerprint density at radius 1 is 0.812 bits per heavy atom. The standard InChI is InChI=1S/C24H23N3O5/c1-25-22(28)15-32-19-7-5-6-17(14-19)26-24(30)20-8-3-4-9-21(20)27-23(29)16-10-12-18(31-2)13-11-16/h3-14H,15H2,1-2H3,(H,25,28)(H,26,30)(H,27,29). The van der Waals surface area contributed by atoms with Gasteiger partial charge in [0.05, 0.1) is 18.4 Å². The number of carbonyl (C=O) groups excluding carboxylic acids is 3. The first-order chi connectivity index (χ1) is 15.5. The Bertz CT molecular complexity index is 1110. The van der Waals surface area contributed by atoms with E-state index in [2.05, 4.69) is 16.0 Å². The first-order valence-electron chi connectivity index (χ1n) is 9.79. The van der Waals surface area contributed by atoms with E-state index in [9.17, 15) is 14.4 Å². The third kappa shape index (κ3) is 5.85. The van der Waals surface area contributed by atoms with Crippen LogP contribution in [-0.2, 0) is 4.79 Å². The lowest BCUT2D eigenvalue weighted by Crippen LogP contribution is -2.24. The molecule has 0 radical (unpaired) electrons. The molecule has 0 unspecified atom stereocenters. The number of methoxy groups -OCH3 is 1. The molecule has 0 aliphatic heterocycles. The van der Waals surface area contributed by atoms with Gasteiger partial charge in [-0.05, 0) is 48.5 Å². The zero-order valence-electron chi connectivity index (χ0n) is 17.7. The molecule has 0 atom stereocenters. The maximum Gasteiger partial charge on any atom is 0.257 e. The minimum atomic E-state index is -0.404. The van der Waals surface area contributed by atoms with E-state index in [1.165, 1.54) is 7.05 Å². The average molecular weight is 433 g/mol. The van der Waals surface area contributed by atoms with Crippen LogP contribution in [-0.4, -0.2) is 38.5 Å². The molecule has 0 fully saturated rings. The van der Waals surface area contributed by atoms with E-state index in [1.54, 1.807) is 79.9 Å². The van der Waals surface area contributed by atoms with E-state index in [0.717, 1.165) is 0 Å². The first-order valence-corrected chi connectivity index (χ1v) is 9.79. The summed E-state index contributed by atoms with van der Waals surface area (Å²) in [5.74, 6) is 0.0629. The summed E-state index contributed by atoms with van der Waals surface area (Å²) in [5, 5.41) is 8.02. The maximum atomic E-state index is 12.9. The van der Waals surface area contributed by atoms with Crippen LogP contribution in [0, 0.1) is 0 Å². The minimum Gasteiger partial charge on any atom is -0.497 e. The Morgan fingerprint density at radius 3 is 2.28 bits per heavy atom. The molecule has 0 aromatic heterocycles. The minimum absolute atomic E-state index is 0.131. The van der Waals surface area contributed by atoms with E-state index in [-0.39, 0.29) is 18.4 Å². The summed E-state index contributed by atoms with van der Waals surface area (Å²) >= 11 is 0. The van der Waals surface area contributed by atoms with Gasteiger partial charge in [-0.25, -0.2) is 0 Å². The number of ether oxygens (including phenoxy) is 2. The molecule has 0 bridgehead atoms. The van der Waals surface area contributed by atoms with Gasteiger partial charge in [-0.3, -0.25) is 14.4 Å². The van der Waals surface area contributed by atoms with Crippen molar-refractivity contribution in [1.29, 1.82) is 0 Å². The second kappa shape index (κ2) is 10.6. The molecule has 32 heavy (non-hydrogen) atoms. The van der Waals surface area contributed by atoms with E-state index in [4.69, 9.17) is 9.47 Å². The number of benzene rings is 3. The van der Waals surface area contributed by atoms with Crippen LogP contribution in [0.3, 0.4) is 0 Å². The van der Waals surface area contributed by atoms with Gasteiger partial charge in [-0.2, -0.15) is 0 Å². The van der Waals surface area contributed by atoms with Crippen LogP contribution in [0.15, 0.2) is 72.8 Å². The molecule has 3 aromatic rings. The molecular formula is C24H23N3O5. The number of hydrogen-bond donors (Lipinski definition) is 3. The molecule has 0 aliphatic carbocycles. The van der Waals surface area contributed by atoms with Crippen LogP contribution in [0.1, 0.15) is 20.7 Å². The zero-order chi connectivity index (χ0) is 22.9. The number of amides is 3. The third-order valence-corrected chi connectivity index (χ3v) is 4.51. The molecule has 3 N–H and O–H groups in total. The molecule has 0 saturated carbocycles. The fourth-order valence-corrected chi connectivity index (χ4v) is 2.81. The highest BCUT2D eigenvalue weighted by Crippen LogP contribution is 2.21. The van der Waals surface area contributed by atoms with Crippen LogP contribution >= 0.6 is 0 Å². The topological polar surface area (TPSA) is 106 Å². The molecule has 164 valence electrons. The van der Waals surface area contributed by atoms with Crippen LogP contribution in [0.25, 0.3) is 0 Å². The Hall–Kier alpha value is -4.33. The van der Waals surface area contributed by atoms with Crippen LogP contribution in [0.2, 0.25) is 0 Å². The van der Waals surface area contributed by atoms with Gasteiger partial charge in [0, 0.05) is 24.4 Å². The number of nitrogens with one attached hydrogen (secondary N) is 3. The van der Waals surface area contributed by atoms with Gasteiger partial charge >= 0.3 is 0 Å². The highest BCUT2D eigenvalue weighted by Gasteiger charge is 2.15. The number of anilines is 2. The fraction of sp³-hybridized carbons (Fsp3) is 0.125. The molecular weight excluding hydrogens is 410 g/mol. The van der Waals surface area contributed by atoms with Gasteiger partial charge in [0.2, 0.25) is 0 Å². The Labute approximate surface area is 185 Å². The third-order valence-electron chi connectivity index (χ3n) is 4.51. The van der Waals surface area contributed by atoms with Gasteiger partial charge in [0.25, 0.3) is 17.7 Å². The molecule has 0 heterocycles. The highest BCUT2D eigenvalue weighted by molar-refractivity contribution is 6.12. The molecule has 3 amide bonds. The normalized spacial score (nSPS) is 10.1. The lowest BCUT2D eigenvalue weighted by molar-refractivity contribution is -0.122. The lowest BCUT2D eigenvalue weighted by atomic mass is 10.1. The summed E-state index contributed by atoms with van der Waals surface area (Å²) < 4.78 is 10.5. The summed E-state index contributed by atoms with van der Waals surface area (Å²) in [6.45, 7) is -0.131. The molecule has 0 aliphatic rings. The number of rotatable bonds is 8. The number of likely N-dealkylation sites (N-methyl/N-ethyl adjacent to an activating group) is 1. The van der Waals surface area contributed by atoms with Gasteiger partial charge in [-0.1, -0.05) is 18.2 Å². The van der Waals surface area contributed by atoms with Crippen molar-refractivity contribution in [3.63, 3.8) is 0 Å². The lowest BCUT2D eigenvalue weighted by Gasteiger charge is -2.12. The second-order valence-corrected chi connectivity index (χ2v) is 6.67. The number of hydrogen-bond acceptors (Lipinski definition) is 5. The van der Waals surface area contributed by atoms with Gasteiger partial charge in [0.1, 0.15) is 11.5 Å². The van der Waals surface area contributed by atoms with Crippen LogP contribution < -0.4 is 25.4 Å². The predicted octanol–water partition coefficient (Wildman–Crippen LogP) is 3.32. The zero-order valence-corrected chi connectivity index (χ0v) is 17.7. The number of para-hydroxylation sites is 1. The fourth-order valence-electron chi connectivity index (χ4n) is 2.81. The SMILES string of the molecule is CNC(=O)COc1cccc(NC(=O)c2ccccc2NC(=O)c2ccc(OC)cc2)c1. The maximum absolute atomic E-state index is 12.9.